The number of ether oxygens (including phenoxy) is 1. The zero-order chi connectivity index (χ0) is 16.5. The van der Waals surface area contributed by atoms with Crippen molar-refractivity contribution in [2.24, 2.45) is 0 Å². The Morgan fingerprint density at radius 3 is 2.73 bits per heavy atom. The molecule has 0 saturated carbocycles. The van der Waals surface area contributed by atoms with E-state index in [-0.39, 0.29) is 28.7 Å². The van der Waals surface area contributed by atoms with Gasteiger partial charge >= 0.3 is 5.97 Å². The number of hydrogen-bond acceptors (Lipinski definition) is 6. The average Bonchev–Trinajstić information content (AvgIpc) is 2.55. The largest absolute Gasteiger partial charge is 0.461 e. The van der Waals surface area contributed by atoms with Gasteiger partial charge in [-0.25, -0.2) is 9.78 Å². The van der Waals surface area contributed by atoms with E-state index < -0.39 is 5.97 Å². The van der Waals surface area contributed by atoms with Crippen LogP contribution in [-0.4, -0.2) is 36.0 Å². The van der Waals surface area contributed by atoms with Crippen molar-refractivity contribution in [3.05, 3.63) is 35.2 Å². The highest BCUT2D eigenvalue weighted by molar-refractivity contribution is 7.80. The summed E-state index contributed by atoms with van der Waals surface area (Å²) in [7, 11) is 1.60. The van der Waals surface area contributed by atoms with Crippen LogP contribution in [0.3, 0.4) is 0 Å². The summed E-state index contributed by atoms with van der Waals surface area (Å²) in [5.41, 5.74) is 0.642. The van der Waals surface area contributed by atoms with Gasteiger partial charge in [0, 0.05) is 18.8 Å². The molecule has 8 heteroatoms. The lowest BCUT2D eigenvalue weighted by molar-refractivity contribution is -0.104. The van der Waals surface area contributed by atoms with E-state index in [0.717, 1.165) is 0 Å². The van der Waals surface area contributed by atoms with E-state index in [1.54, 1.807) is 26.1 Å². The molecule has 0 unspecified atom stereocenters. The minimum Gasteiger partial charge on any atom is -0.461 e. The lowest BCUT2D eigenvalue weighted by atomic mass is 10.1. The molecule has 22 heavy (non-hydrogen) atoms. The molecule has 0 spiro atoms. The van der Waals surface area contributed by atoms with E-state index in [1.165, 1.54) is 12.3 Å². The summed E-state index contributed by atoms with van der Waals surface area (Å²) in [5, 5.41) is 14.7. The lowest BCUT2D eigenvalue weighted by Crippen LogP contribution is -2.32. The molecule has 0 saturated heterocycles. The topological polar surface area (TPSA) is 104 Å². The van der Waals surface area contributed by atoms with Crippen molar-refractivity contribution >= 4 is 35.3 Å². The van der Waals surface area contributed by atoms with Gasteiger partial charge in [0.25, 0.3) is 0 Å². The molecular weight excluding hydrogens is 304 g/mol. The Morgan fingerprint density at radius 1 is 1.55 bits per heavy atom. The molecule has 1 aromatic rings. The highest BCUT2D eigenvalue weighted by atomic mass is 32.1. The number of carbonyl (C=O) groups excluding carboxylic acids is 2. The molecule has 0 aliphatic rings. The minimum absolute atomic E-state index is 0.130. The first-order valence-corrected chi connectivity index (χ1v) is 6.70. The van der Waals surface area contributed by atoms with Crippen LogP contribution < -0.4 is 10.6 Å². The Hall–Kier alpha value is -2.79. The fourth-order valence-corrected chi connectivity index (χ4v) is 1.58. The fourth-order valence-electron chi connectivity index (χ4n) is 1.48. The minimum atomic E-state index is -0.547. The van der Waals surface area contributed by atoms with Crippen LogP contribution in [0.4, 0.5) is 0 Å². The second-order valence-corrected chi connectivity index (χ2v) is 4.28. The molecule has 0 atom stereocenters. The first-order valence-electron chi connectivity index (χ1n) is 6.29. The number of aldehydes is 1. The van der Waals surface area contributed by atoms with E-state index in [2.05, 4.69) is 15.6 Å². The first-order chi connectivity index (χ1) is 10.6. The van der Waals surface area contributed by atoms with Crippen molar-refractivity contribution in [1.82, 2.24) is 15.6 Å². The first kappa shape index (κ1) is 17.3. The zero-order valence-electron chi connectivity index (χ0n) is 12.0. The van der Waals surface area contributed by atoms with E-state index >= 15 is 0 Å². The number of allylic oxidation sites excluding steroid dienone is 1. The van der Waals surface area contributed by atoms with Gasteiger partial charge in [-0.2, -0.15) is 5.26 Å². The maximum Gasteiger partial charge on any atom is 0.356 e. The van der Waals surface area contributed by atoms with Crippen LogP contribution >= 0.6 is 12.2 Å². The third kappa shape index (κ3) is 4.36. The van der Waals surface area contributed by atoms with E-state index in [9.17, 15) is 9.59 Å². The zero-order valence-corrected chi connectivity index (χ0v) is 12.9. The molecule has 0 amide bonds. The Kier molecular flexibility index (Phi) is 6.66. The predicted octanol–water partition coefficient (Wildman–Crippen LogP) is 0.786. The second-order valence-electron chi connectivity index (χ2n) is 3.88. The summed E-state index contributed by atoms with van der Waals surface area (Å²) in [6.45, 7) is 1.94. The van der Waals surface area contributed by atoms with Crippen molar-refractivity contribution < 1.29 is 14.3 Å². The van der Waals surface area contributed by atoms with Crippen LogP contribution in [0.25, 0.3) is 5.70 Å². The summed E-state index contributed by atoms with van der Waals surface area (Å²) >= 11 is 4.97. The van der Waals surface area contributed by atoms with Crippen LogP contribution in [0.2, 0.25) is 0 Å². The number of nitrogens with one attached hydrogen (secondary N) is 2. The Balaban J connectivity index is 3.19. The van der Waals surface area contributed by atoms with Crippen molar-refractivity contribution in [2.75, 3.05) is 13.7 Å². The number of nitriles is 1. The number of esters is 1. The normalized spacial score (nSPS) is 10.8. The molecule has 7 nitrogen and oxygen atoms in total. The van der Waals surface area contributed by atoms with Gasteiger partial charge in [-0.3, -0.25) is 4.79 Å². The Labute approximate surface area is 133 Å². The summed E-state index contributed by atoms with van der Waals surface area (Å²) in [6, 6.07) is 4.76. The number of nitrogens with zero attached hydrogens (tertiary/aromatic N) is 2. The van der Waals surface area contributed by atoms with Gasteiger partial charge in [0.1, 0.15) is 17.3 Å². The molecule has 0 aliphatic heterocycles. The van der Waals surface area contributed by atoms with E-state index in [0.29, 0.717) is 11.8 Å². The van der Waals surface area contributed by atoms with Gasteiger partial charge in [-0.1, -0.05) is 0 Å². The van der Waals surface area contributed by atoms with Crippen molar-refractivity contribution in [2.45, 2.75) is 6.92 Å². The van der Waals surface area contributed by atoms with Gasteiger partial charge < -0.3 is 15.4 Å². The van der Waals surface area contributed by atoms with Gasteiger partial charge in [-0.15, -0.1) is 0 Å². The van der Waals surface area contributed by atoms with Crippen LogP contribution in [0.1, 0.15) is 23.0 Å². The van der Waals surface area contributed by atoms with Crippen LogP contribution in [-0.2, 0) is 9.53 Å². The number of pyridine rings is 1. The number of rotatable bonds is 5. The van der Waals surface area contributed by atoms with Crippen molar-refractivity contribution in [3.63, 3.8) is 0 Å². The Bertz CT molecular complexity index is 647. The molecule has 1 heterocycles. The molecule has 0 aliphatic carbocycles. The van der Waals surface area contributed by atoms with Crippen molar-refractivity contribution in [1.29, 1.82) is 5.26 Å². The number of hydrogen-bond donors (Lipinski definition) is 2. The molecular formula is C14H14N4O3S. The number of thiocarbonyl (C=S) groups is 1. The summed E-state index contributed by atoms with van der Waals surface area (Å²) in [6.07, 6.45) is 1.77. The number of aromatic nitrogens is 1. The van der Waals surface area contributed by atoms with E-state index in [1.807, 2.05) is 0 Å². The Morgan fingerprint density at radius 2 is 2.27 bits per heavy atom. The standard InChI is InChI=1S/C14H14N4O3S/c1-3-21-13(20)11-5-4-9(7-17-11)12(10(6-15)8-19)18-14(22)16-2/h4-5,7-8H,3H2,1-2H3,(H2,16,18,22)/b12-10-. The predicted molar refractivity (Wildman–Crippen MR) is 83.6 cm³/mol. The highest BCUT2D eigenvalue weighted by Gasteiger charge is 2.13. The lowest BCUT2D eigenvalue weighted by Gasteiger charge is -2.12. The summed E-state index contributed by atoms with van der Waals surface area (Å²) in [4.78, 5) is 26.5. The average molecular weight is 318 g/mol. The van der Waals surface area contributed by atoms with Gasteiger partial charge in [0.2, 0.25) is 0 Å². The highest BCUT2D eigenvalue weighted by Crippen LogP contribution is 2.15. The van der Waals surface area contributed by atoms with Gasteiger partial charge in [0.05, 0.1) is 12.3 Å². The SMILES string of the molecule is CCOC(=O)c1ccc(/C(NC(=S)NC)=C(\C#N)C=O)cn1. The number of carbonyl (C=O) groups is 2. The van der Waals surface area contributed by atoms with Crippen LogP contribution in [0.15, 0.2) is 23.9 Å². The third-order valence-corrected chi connectivity index (χ3v) is 2.82. The molecule has 2 N–H and O–H groups in total. The maximum atomic E-state index is 11.5. The summed E-state index contributed by atoms with van der Waals surface area (Å²) < 4.78 is 4.83. The van der Waals surface area contributed by atoms with Crippen molar-refractivity contribution in [3.8, 4) is 6.07 Å². The molecule has 0 radical (unpaired) electrons. The second kappa shape index (κ2) is 8.49. The molecule has 0 fully saturated rings. The summed E-state index contributed by atoms with van der Waals surface area (Å²) in [5.74, 6) is -0.547. The van der Waals surface area contributed by atoms with Gasteiger partial charge in [-0.05, 0) is 31.3 Å². The maximum absolute atomic E-state index is 11.5. The molecule has 114 valence electrons. The quantitative estimate of drug-likeness (QED) is 0.270. The molecule has 0 bridgehead atoms. The van der Waals surface area contributed by atoms with E-state index in [4.69, 9.17) is 22.2 Å². The monoisotopic (exact) mass is 318 g/mol. The smallest absolute Gasteiger partial charge is 0.356 e. The molecule has 0 aromatic carbocycles. The van der Waals surface area contributed by atoms with Gasteiger partial charge in [0.15, 0.2) is 11.4 Å². The molecule has 1 aromatic heterocycles. The fraction of sp³-hybridized carbons (Fsp3) is 0.214. The third-order valence-electron chi connectivity index (χ3n) is 2.51. The molecule has 1 rings (SSSR count). The van der Waals surface area contributed by atoms with Crippen LogP contribution in [0.5, 0.6) is 0 Å². The van der Waals surface area contributed by atoms with Crippen LogP contribution in [0, 0.1) is 11.3 Å².